The molecule has 1 saturated heterocycles. The number of rotatable bonds is 16. The number of piperidine rings is 1. The summed E-state index contributed by atoms with van der Waals surface area (Å²) in [5.74, 6) is -1.45. The molecule has 1 aromatic heterocycles. The minimum absolute atomic E-state index is 0.0970. The molecule has 2 aliphatic rings. The molecular weight excluding hydrogens is 723 g/mol. The topological polar surface area (TPSA) is 173 Å². The average molecular weight is 784 g/mol. The molecule has 4 rings (SSSR count). The van der Waals surface area contributed by atoms with Gasteiger partial charge in [-0.25, -0.2) is 8.42 Å². The van der Waals surface area contributed by atoms with E-state index in [-0.39, 0.29) is 18.9 Å². The first-order valence-corrected chi connectivity index (χ1v) is 21.3. The van der Waals surface area contributed by atoms with Crippen LogP contribution in [0.3, 0.4) is 0 Å². The number of nitrogens with one attached hydrogen (secondary N) is 3. The van der Waals surface area contributed by atoms with E-state index >= 15 is 0 Å². The smallest absolute Gasteiger partial charge is 0.308 e. The third-order valence-electron chi connectivity index (χ3n) is 10.8. The predicted octanol–water partition coefficient (Wildman–Crippen LogP) is 3.86. The second kappa shape index (κ2) is 18.7. The van der Waals surface area contributed by atoms with Crippen LogP contribution in [0.1, 0.15) is 86.1 Å². The van der Waals surface area contributed by atoms with Crippen molar-refractivity contribution in [2.45, 2.75) is 122 Å². The molecule has 6 atom stereocenters. The van der Waals surface area contributed by atoms with E-state index in [1.807, 2.05) is 51.1 Å². The molecular formula is C41H61N5O8S. The number of likely N-dealkylation sites (tertiary alicyclic amines) is 1. The lowest BCUT2D eigenvalue weighted by atomic mass is 9.72. The number of amides is 3. The minimum atomic E-state index is -3.93. The number of esters is 1. The number of sulfone groups is 1. The zero-order valence-corrected chi connectivity index (χ0v) is 34.5. The zero-order chi connectivity index (χ0) is 40.6. The monoisotopic (exact) mass is 783 g/mol. The second-order valence-electron chi connectivity index (χ2n) is 17.0. The van der Waals surface area contributed by atoms with Gasteiger partial charge in [0.1, 0.15) is 17.9 Å². The van der Waals surface area contributed by atoms with Gasteiger partial charge in [0.15, 0.2) is 16.4 Å². The number of hydrogen-bond acceptors (Lipinski definition) is 10. The highest BCUT2D eigenvalue weighted by atomic mass is 32.2. The van der Waals surface area contributed by atoms with Crippen molar-refractivity contribution in [3.63, 3.8) is 0 Å². The molecule has 3 N–H and O–H groups in total. The fraction of sp³-hybridized carbons (Fsp3) is 0.634. The summed E-state index contributed by atoms with van der Waals surface area (Å²) in [7, 11) is -3.93. The van der Waals surface area contributed by atoms with E-state index in [0.29, 0.717) is 30.6 Å². The molecule has 14 heteroatoms. The first kappa shape index (κ1) is 43.7. The van der Waals surface area contributed by atoms with Gasteiger partial charge in [0.2, 0.25) is 11.8 Å². The Kier molecular flexibility index (Phi) is 14.9. The van der Waals surface area contributed by atoms with Gasteiger partial charge in [0, 0.05) is 31.1 Å². The highest BCUT2D eigenvalue weighted by molar-refractivity contribution is 7.92. The second-order valence-corrected chi connectivity index (χ2v) is 19.6. The molecule has 2 aromatic rings. The van der Waals surface area contributed by atoms with Gasteiger partial charge in [-0.05, 0) is 83.4 Å². The van der Waals surface area contributed by atoms with Crippen LogP contribution < -0.4 is 20.7 Å². The number of carbonyl (C=O) groups is 4. The highest BCUT2D eigenvalue weighted by Gasteiger charge is 2.47. The van der Waals surface area contributed by atoms with Gasteiger partial charge in [-0.3, -0.25) is 29.1 Å². The molecule has 1 aliphatic carbocycles. The minimum Gasteiger partial charge on any atom is -0.482 e. The number of ether oxygens (including phenoxy) is 2. The standard InChI is InChI=1S/C41H61N5O8S/c1-27(2)39(50)54-34(25-46-24-30-18-13-12-17-29(30)22-33(46)37(48)45-40(3,4)5)32(21-28-15-10-9-11-16-28)43-38(49)36(41(6,7)55(8,51)52)44-35(47)26-53-31-19-14-20-42-23-31/h9-11,14-16,19-20,23,27,29-30,32-34,36H,12-13,17-18,21-22,24-26H2,1-8H3,(H,43,49)(H,44,47)(H,45,48)/t29-,30+,32?,33?,34?,36+/m0/s1. The molecule has 13 nitrogen and oxygen atoms in total. The summed E-state index contributed by atoms with van der Waals surface area (Å²) in [5.41, 5.74) is 0.369. The molecule has 2 fully saturated rings. The van der Waals surface area contributed by atoms with Gasteiger partial charge in [-0.2, -0.15) is 0 Å². The van der Waals surface area contributed by atoms with Gasteiger partial charge < -0.3 is 25.4 Å². The quantitative estimate of drug-likeness (QED) is 0.212. The van der Waals surface area contributed by atoms with Crippen molar-refractivity contribution in [3.05, 3.63) is 60.4 Å². The number of nitrogens with zero attached hydrogens (tertiary/aromatic N) is 2. The van der Waals surface area contributed by atoms with Crippen molar-refractivity contribution in [2.24, 2.45) is 17.8 Å². The summed E-state index contributed by atoms with van der Waals surface area (Å²) in [6, 6.07) is 9.71. The van der Waals surface area contributed by atoms with Crippen LogP contribution in [-0.4, -0.2) is 102 Å². The van der Waals surface area contributed by atoms with E-state index in [9.17, 15) is 27.6 Å². The third-order valence-corrected chi connectivity index (χ3v) is 12.9. The van der Waals surface area contributed by atoms with Crippen molar-refractivity contribution in [1.29, 1.82) is 0 Å². The number of hydrogen-bond donors (Lipinski definition) is 3. The molecule has 0 radical (unpaired) electrons. The summed E-state index contributed by atoms with van der Waals surface area (Å²) in [5, 5.41) is 8.80. The zero-order valence-electron chi connectivity index (χ0n) is 33.7. The van der Waals surface area contributed by atoms with Gasteiger partial charge in [0.05, 0.1) is 28.9 Å². The van der Waals surface area contributed by atoms with Crippen LogP contribution in [0.25, 0.3) is 0 Å². The van der Waals surface area contributed by atoms with Crippen molar-refractivity contribution in [1.82, 2.24) is 25.8 Å². The van der Waals surface area contributed by atoms with Crippen LogP contribution in [0.2, 0.25) is 0 Å². The van der Waals surface area contributed by atoms with E-state index in [4.69, 9.17) is 9.47 Å². The number of benzene rings is 1. The number of carbonyl (C=O) groups excluding carboxylic acids is 4. The van der Waals surface area contributed by atoms with Crippen LogP contribution in [0.5, 0.6) is 5.75 Å². The first-order chi connectivity index (χ1) is 25.7. The van der Waals surface area contributed by atoms with Gasteiger partial charge >= 0.3 is 5.97 Å². The Labute approximate surface area is 327 Å². The maximum atomic E-state index is 14.5. The summed E-state index contributed by atoms with van der Waals surface area (Å²) in [4.78, 5) is 61.2. The Hall–Kier alpha value is -4.04. The predicted molar refractivity (Wildman–Crippen MR) is 211 cm³/mol. The lowest BCUT2D eigenvalue weighted by molar-refractivity contribution is -0.158. The van der Waals surface area contributed by atoms with Crippen LogP contribution in [0.4, 0.5) is 0 Å². The fourth-order valence-corrected chi connectivity index (χ4v) is 7.95. The van der Waals surface area contributed by atoms with Crippen LogP contribution in [0.15, 0.2) is 54.9 Å². The average Bonchev–Trinajstić information content (AvgIpc) is 3.11. The van der Waals surface area contributed by atoms with Crippen molar-refractivity contribution in [3.8, 4) is 5.75 Å². The first-order valence-electron chi connectivity index (χ1n) is 19.4. The molecule has 304 valence electrons. The molecule has 3 amide bonds. The van der Waals surface area contributed by atoms with Crippen molar-refractivity contribution in [2.75, 3.05) is 26.0 Å². The Balaban J connectivity index is 1.71. The fourth-order valence-electron chi connectivity index (χ4n) is 7.35. The van der Waals surface area contributed by atoms with Crippen LogP contribution >= 0.6 is 0 Å². The largest absolute Gasteiger partial charge is 0.482 e. The van der Waals surface area contributed by atoms with Crippen molar-refractivity contribution >= 4 is 33.5 Å². The molecule has 0 bridgehead atoms. The molecule has 2 heterocycles. The Morgan fingerprint density at radius 1 is 0.945 bits per heavy atom. The molecule has 3 unspecified atom stereocenters. The lowest BCUT2D eigenvalue weighted by Gasteiger charge is -2.47. The lowest BCUT2D eigenvalue weighted by Crippen LogP contribution is -2.64. The van der Waals surface area contributed by atoms with E-state index in [1.165, 1.54) is 20.0 Å². The Morgan fingerprint density at radius 2 is 1.62 bits per heavy atom. The van der Waals surface area contributed by atoms with E-state index in [2.05, 4.69) is 25.8 Å². The van der Waals surface area contributed by atoms with Crippen LogP contribution in [0, 0.1) is 17.8 Å². The van der Waals surface area contributed by atoms with E-state index in [0.717, 1.165) is 37.5 Å². The summed E-state index contributed by atoms with van der Waals surface area (Å²) < 4.78 is 36.4. The molecule has 1 aliphatic heterocycles. The number of pyridine rings is 1. The summed E-state index contributed by atoms with van der Waals surface area (Å²) >= 11 is 0. The van der Waals surface area contributed by atoms with Gasteiger partial charge in [-0.15, -0.1) is 0 Å². The number of aromatic nitrogens is 1. The van der Waals surface area contributed by atoms with Gasteiger partial charge in [-0.1, -0.05) is 63.4 Å². The molecule has 1 saturated carbocycles. The van der Waals surface area contributed by atoms with Crippen molar-refractivity contribution < 1.29 is 37.1 Å². The molecule has 55 heavy (non-hydrogen) atoms. The normalized spacial score (nSPS) is 21.0. The SMILES string of the molecule is CC(C)C(=O)OC(CN1C[C@H]2CCCC[C@H]2CC1C(=O)NC(C)(C)C)C(Cc1ccccc1)NC(=O)[C@@H](NC(=O)COc1cccnc1)C(C)(C)S(C)(=O)=O. The summed E-state index contributed by atoms with van der Waals surface area (Å²) in [6.45, 7) is 12.3. The highest BCUT2D eigenvalue weighted by Crippen LogP contribution is 2.39. The van der Waals surface area contributed by atoms with Gasteiger partial charge in [0.25, 0.3) is 5.91 Å². The van der Waals surface area contributed by atoms with Crippen LogP contribution in [-0.2, 0) is 40.2 Å². The molecule has 0 spiro atoms. The number of fused-ring (bicyclic) bond motifs is 1. The Bertz CT molecular complexity index is 1710. The Morgan fingerprint density at radius 3 is 2.22 bits per heavy atom. The van der Waals surface area contributed by atoms with E-state index < -0.39 is 74.7 Å². The van der Waals surface area contributed by atoms with E-state index in [1.54, 1.807) is 32.2 Å². The maximum Gasteiger partial charge on any atom is 0.308 e. The third kappa shape index (κ3) is 12.5. The summed E-state index contributed by atoms with van der Waals surface area (Å²) in [6.07, 6.45) is 8.28. The maximum absolute atomic E-state index is 14.5. The molecule has 1 aromatic carbocycles.